The van der Waals surface area contributed by atoms with Crippen LogP contribution in [0.15, 0.2) is 48.7 Å². The van der Waals surface area contributed by atoms with Crippen LogP contribution in [0.1, 0.15) is 66.1 Å². The lowest BCUT2D eigenvalue weighted by atomic mass is 9.89. The minimum Gasteiger partial charge on any atom is -0.361 e. The number of nitrogens with zero attached hydrogens (tertiary/aromatic N) is 2. The Morgan fingerprint density at radius 2 is 1.86 bits per heavy atom. The fourth-order valence-electron chi connectivity index (χ4n) is 6.34. The van der Waals surface area contributed by atoms with Crippen molar-refractivity contribution < 1.29 is 9.18 Å². The molecule has 2 aliphatic heterocycles. The zero-order valence-electron chi connectivity index (χ0n) is 21.0. The molecule has 2 N–H and O–H groups in total. The molecule has 0 aliphatic carbocycles. The third kappa shape index (κ3) is 4.55. The molecule has 6 rings (SSSR count). The van der Waals surface area contributed by atoms with E-state index in [1.165, 1.54) is 17.5 Å². The van der Waals surface area contributed by atoms with Crippen LogP contribution in [0.2, 0.25) is 0 Å². The van der Waals surface area contributed by atoms with Crippen molar-refractivity contribution in [1.29, 1.82) is 0 Å². The van der Waals surface area contributed by atoms with Crippen molar-refractivity contribution in [1.82, 2.24) is 19.8 Å². The molecule has 0 bridgehead atoms. The molecule has 1 amide bonds. The van der Waals surface area contributed by atoms with Gasteiger partial charge in [0.2, 0.25) is 0 Å². The number of likely N-dealkylation sites (tertiary alicyclic amines) is 2. The van der Waals surface area contributed by atoms with Gasteiger partial charge in [-0.3, -0.25) is 4.79 Å². The minimum atomic E-state index is -0.194. The van der Waals surface area contributed by atoms with Crippen LogP contribution in [0.5, 0.6) is 0 Å². The van der Waals surface area contributed by atoms with E-state index < -0.39 is 0 Å². The number of piperidine rings is 2. The number of H-pyrrole nitrogens is 2. The van der Waals surface area contributed by atoms with Crippen molar-refractivity contribution in [3.63, 3.8) is 0 Å². The lowest BCUT2D eigenvalue weighted by molar-refractivity contribution is 0.0573. The molecule has 2 aliphatic rings. The number of aromatic amines is 2. The Morgan fingerprint density at radius 1 is 1.00 bits per heavy atom. The number of carbonyl (C=O) groups excluding carboxylic acids is 1. The predicted octanol–water partition coefficient (Wildman–Crippen LogP) is 6.36. The number of hydrogen-bond acceptors (Lipinski definition) is 2. The molecule has 5 nitrogen and oxygen atoms in total. The standard InChI is InChI=1S/C30H35FN4O/c1-20-5-6-22-17-29(33-27(22)16-20)30(36)35-12-3-2-4-24(35)11-15-34-13-9-21(10-14-34)26-19-32-28-18-23(31)7-8-25(26)28/h5-8,16-19,21,24,32-33H,2-4,9-15H2,1H3/t24-/m0/s1. The van der Waals surface area contributed by atoms with E-state index in [0.29, 0.717) is 17.7 Å². The first kappa shape index (κ1) is 23.3. The summed E-state index contributed by atoms with van der Waals surface area (Å²) >= 11 is 0. The van der Waals surface area contributed by atoms with Gasteiger partial charge in [-0.2, -0.15) is 0 Å². The second-order valence-electron chi connectivity index (χ2n) is 10.8. The Balaban J connectivity index is 1.07. The Morgan fingerprint density at radius 3 is 2.72 bits per heavy atom. The number of hydrogen-bond donors (Lipinski definition) is 2. The highest BCUT2D eigenvalue weighted by Crippen LogP contribution is 2.34. The molecule has 36 heavy (non-hydrogen) atoms. The van der Waals surface area contributed by atoms with Crippen LogP contribution < -0.4 is 0 Å². The van der Waals surface area contributed by atoms with Crippen LogP contribution in [0.4, 0.5) is 4.39 Å². The topological polar surface area (TPSA) is 55.1 Å². The van der Waals surface area contributed by atoms with Crippen molar-refractivity contribution in [3.8, 4) is 0 Å². The Hall–Kier alpha value is -3.12. The number of aryl methyl sites for hydroxylation is 1. The van der Waals surface area contributed by atoms with E-state index in [9.17, 15) is 9.18 Å². The monoisotopic (exact) mass is 486 g/mol. The molecule has 4 aromatic rings. The Labute approximate surface area is 211 Å². The molecule has 4 heterocycles. The van der Waals surface area contributed by atoms with E-state index in [2.05, 4.69) is 51.1 Å². The van der Waals surface area contributed by atoms with E-state index in [1.807, 2.05) is 12.1 Å². The van der Waals surface area contributed by atoms with Crippen LogP contribution in [0.3, 0.4) is 0 Å². The number of fused-ring (bicyclic) bond motifs is 2. The average molecular weight is 487 g/mol. The van der Waals surface area contributed by atoms with Gasteiger partial charge >= 0.3 is 0 Å². The first-order valence-corrected chi connectivity index (χ1v) is 13.4. The number of aromatic nitrogens is 2. The Bertz CT molecular complexity index is 1380. The maximum Gasteiger partial charge on any atom is 0.270 e. The van der Waals surface area contributed by atoms with Gasteiger partial charge in [-0.05, 0) is 106 Å². The summed E-state index contributed by atoms with van der Waals surface area (Å²) in [4.78, 5) is 24.8. The van der Waals surface area contributed by atoms with Crippen LogP contribution in [0.25, 0.3) is 21.8 Å². The number of nitrogens with one attached hydrogen (secondary N) is 2. The molecule has 2 saturated heterocycles. The molecule has 188 valence electrons. The third-order valence-electron chi connectivity index (χ3n) is 8.38. The molecule has 2 fully saturated rings. The molecule has 0 unspecified atom stereocenters. The molecule has 0 radical (unpaired) electrons. The number of benzene rings is 2. The summed E-state index contributed by atoms with van der Waals surface area (Å²) in [5.74, 6) is 0.461. The fourth-order valence-corrected chi connectivity index (χ4v) is 6.34. The summed E-state index contributed by atoms with van der Waals surface area (Å²) in [7, 11) is 0. The van der Waals surface area contributed by atoms with Gasteiger partial charge in [-0.25, -0.2) is 4.39 Å². The smallest absolute Gasteiger partial charge is 0.270 e. The van der Waals surface area contributed by atoms with Gasteiger partial charge in [0.05, 0.1) is 0 Å². The molecular formula is C30H35FN4O. The molecule has 2 aromatic carbocycles. The van der Waals surface area contributed by atoms with E-state index in [4.69, 9.17) is 0 Å². The van der Waals surface area contributed by atoms with Gasteiger partial charge in [0.1, 0.15) is 11.5 Å². The van der Waals surface area contributed by atoms with Gasteiger partial charge in [0, 0.05) is 47.1 Å². The zero-order chi connectivity index (χ0) is 24.6. The quantitative estimate of drug-likeness (QED) is 0.345. The summed E-state index contributed by atoms with van der Waals surface area (Å²) < 4.78 is 13.6. The van der Waals surface area contributed by atoms with Gasteiger partial charge < -0.3 is 19.8 Å². The largest absolute Gasteiger partial charge is 0.361 e. The van der Waals surface area contributed by atoms with Crippen LogP contribution >= 0.6 is 0 Å². The van der Waals surface area contributed by atoms with E-state index >= 15 is 0 Å². The Kier molecular flexibility index (Phi) is 6.30. The summed E-state index contributed by atoms with van der Waals surface area (Å²) in [6.45, 7) is 6.10. The second-order valence-corrected chi connectivity index (χ2v) is 10.8. The lowest BCUT2D eigenvalue weighted by Crippen LogP contribution is -2.46. The molecule has 1 atom stereocenters. The minimum absolute atomic E-state index is 0.142. The second kappa shape index (κ2) is 9.74. The zero-order valence-corrected chi connectivity index (χ0v) is 21.0. The van der Waals surface area contributed by atoms with Gasteiger partial charge in [0.25, 0.3) is 5.91 Å². The predicted molar refractivity (Wildman–Crippen MR) is 143 cm³/mol. The number of rotatable bonds is 5. The molecular weight excluding hydrogens is 451 g/mol. The van der Waals surface area contributed by atoms with Crippen molar-refractivity contribution in [3.05, 3.63) is 71.3 Å². The van der Waals surface area contributed by atoms with Crippen molar-refractivity contribution in [2.24, 2.45) is 0 Å². The molecule has 0 spiro atoms. The van der Waals surface area contributed by atoms with Crippen molar-refractivity contribution >= 4 is 27.7 Å². The van der Waals surface area contributed by atoms with Crippen LogP contribution in [-0.4, -0.2) is 57.9 Å². The van der Waals surface area contributed by atoms with E-state index in [1.54, 1.807) is 12.1 Å². The molecule has 6 heteroatoms. The summed E-state index contributed by atoms with van der Waals surface area (Å²) in [6.07, 6.45) is 8.71. The maximum absolute atomic E-state index is 13.6. The normalized spacial score (nSPS) is 19.9. The summed E-state index contributed by atoms with van der Waals surface area (Å²) in [5, 5.41) is 2.25. The van der Waals surface area contributed by atoms with Crippen molar-refractivity contribution in [2.45, 2.75) is 57.4 Å². The van der Waals surface area contributed by atoms with Gasteiger partial charge in [-0.1, -0.05) is 12.1 Å². The number of amides is 1. The number of carbonyl (C=O) groups is 1. The van der Waals surface area contributed by atoms with E-state index in [-0.39, 0.29) is 11.7 Å². The molecule has 2 aromatic heterocycles. The SMILES string of the molecule is Cc1ccc2cc(C(=O)N3CCCC[C@H]3CCN3CCC(c4c[nH]c5cc(F)ccc45)CC3)[nH]c2c1. The maximum atomic E-state index is 13.6. The van der Waals surface area contributed by atoms with Gasteiger partial charge in [0.15, 0.2) is 0 Å². The molecule has 0 saturated carbocycles. The lowest BCUT2D eigenvalue weighted by Gasteiger charge is -2.38. The number of halogens is 1. The van der Waals surface area contributed by atoms with Crippen LogP contribution in [-0.2, 0) is 0 Å². The summed E-state index contributed by atoms with van der Waals surface area (Å²) in [5.41, 5.74) is 5.15. The highest BCUT2D eigenvalue weighted by Gasteiger charge is 2.30. The fraction of sp³-hybridized carbons (Fsp3) is 0.433. The van der Waals surface area contributed by atoms with Gasteiger partial charge in [-0.15, -0.1) is 0 Å². The first-order chi connectivity index (χ1) is 17.5. The van der Waals surface area contributed by atoms with Crippen molar-refractivity contribution in [2.75, 3.05) is 26.2 Å². The summed E-state index contributed by atoms with van der Waals surface area (Å²) in [6, 6.07) is 13.7. The highest BCUT2D eigenvalue weighted by molar-refractivity contribution is 5.98. The highest BCUT2D eigenvalue weighted by atomic mass is 19.1. The van der Waals surface area contributed by atoms with Crippen LogP contribution in [0, 0.1) is 12.7 Å². The van der Waals surface area contributed by atoms with E-state index in [0.717, 1.165) is 80.1 Å². The third-order valence-corrected chi connectivity index (χ3v) is 8.38. The average Bonchev–Trinajstić information content (AvgIpc) is 3.51. The first-order valence-electron chi connectivity index (χ1n) is 13.4.